The molecule has 0 aromatic heterocycles. The Morgan fingerprint density at radius 1 is 1.62 bits per heavy atom. The minimum atomic E-state index is -1.09. The molecular weight excluding hydrogens is 190 g/mol. The number of carboxylic acids is 1. The van der Waals surface area contributed by atoms with Crippen LogP contribution < -0.4 is 5.73 Å². The first-order valence-electron chi connectivity index (χ1n) is 3.88. The SMILES string of the molecule is CCc1ccc(Cl)c(C(=O)O)c1N. The molecule has 3 N–H and O–H groups in total. The summed E-state index contributed by atoms with van der Waals surface area (Å²) >= 11 is 5.69. The number of rotatable bonds is 2. The van der Waals surface area contributed by atoms with Gasteiger partial charge in [-0.2, -0.15) is 0 Å². The molecule has 3 nitrogen and oxygen atoms in total. The van der Waals surface area contributed by atoms with Crippen molar-refractivity contribution in [2.75, 3.05) is 5.73 Å². The fraction of sp³-hybridized carbons (Fsp3) is 0.222. The second-order valence-electron chi connectivity index (χ2n) is 2.65. The molecule has 13 heavy (non-hydrogen) atoms. The van der Waals surface area contributed by atoms with Gasteiger partial charge in [-0.25, -0.2) is 4.79 Å². The van der Waals surface area contributed by atoms with E-state index in [1.54, 1.807) is 12.1 Å². The Hall–Kier alpha value is -1.22. The average molecular weight is 200 g/mol. The summed E-state index contributed by atoms with van der Waals surface area (Å²) < 4.78 is 0. The van der Waals surface area contributed by atoms with Gasteiger partial charge >= 0.3 is 5.97 Å². The molecule has 0 fully saturated rings. The van der Waals surface area contributed by atoms with E-state index in [-0.39, 0.29) is 16.3 Å². The van der Waals surface area contributed by atoms with E-state index in [1.165, 1.54) is 0 Å². The molecule has 0 atom stereocenters. The highest BCUT2D eigenvalue weighted by Crippen LogP contribution is 2.25. The van der Waals surface area contributed by atoms with Crippen LogP contribution in [0.4, 0.5) is 5.69 Å². The number of hydrogen-bond acceptors (Lipinski definition) is 2. The van der Waals surface area contributed by atoms with Crippen LogP contribution in [0.25, 0.3) is 0 Å². The van der Waals surface area contributed by atoms with E-state index in [2.05, 4.69) is 0 Å². The van der Waals surface area contributed by atoms with Crippen molar-refractivity contribution in [3.63, 3.8) is 0 Å². The van der Waals surface area contributed by atoms with E-state index in [0.29, 0.717) is 6.42 Å². The van der Waals surface area contributed by atoms with E-state index in [9.17, 15) is 4.79 Å². The monoisotopic (exact) mass is 199 g/mol. The maximum Gasteiger partial charge on any atom is 0.339 e. The molecule has 0 aliphatic heterocycles. The number of hydrogen-bond donors (Lipinski definition) is 2. The van der Waals surface area contributed by atoms with E-state index in [1.807, 2.05) is 6.92 Å². The highest BCUT2D eigenvalue weighted by molar-refractivity contribution is 6.34. The Labute approximate surface area is 81.1 Å². The van der Waals surface area contributed by atoms with Crippen LogP contribution in [0.15, 0.2) is 12.1 Å². The van der Waals surface area contributed by atoms with Crippen molar-refractivity contribution in [3.8, 4) is 0 Å². The molecule has 0 saturated carbocycles. The first kappa shape index (κ1) is 9.86. The Morgan fingerprint density at radius 2 is 2.23 bits per heavy atom. The largest absolute Gasteiger partial charge is 0.478 e. The number of carboxylic acid groups (broad SMARTS) is 1. The quantitative estimate of drug-likeness (QED) is 0.718. The topological polar surface area (TPSA) is 63.3 Å². The zero-order chi connectivity index (χ0) is 10.0. The molecule has 0 bridgehead atoms. The van der Waals surface area contributed by atoms with Crippen LogP contribution in [-0.2, 0) is 6.42 Å². The smallest absolute Gasteiger partial charge is 0.339 e. The van der Waals surface area contributed by atoms with Crippen LogP contribution in [0, 0.1) is 0 Å². The molecule has 0 spiro atoms. The summed E-state index contributed by atoms with van der Waals surface area (Å²) in [5.41, 5.74) is 6.70. The van der Waals surface area contributed by atoms with E-state index < -0.39 is 5.97 Å². The van der Waals surface area contributed by atoms with Crippen molar-refractivity contribution in [2.45, 2.75) is 13.3 Å². The molecule has 0 aliphatic rings. The number of carbonyl (C=O) groups is 1. The molecular formula is C9H10ClNO2. The van der Waals surface area contributed by atoms with E-state index in [0.717, 1.165) is 5.56 Å². The summed E-state index contributed by atoms with van der Waals surface area (Å²) in [6, 6.07) is 3.30. The number of nitrogen functional groups attached to an aromatic ring is 1. The van der Waals surface area contributed by atoms with Gasteiger partial charge in [-0.1, -0.05) is 24.6 Å². The van der Waals surface area contributed by atoms with Gasteiger partial charge in [-0.15, -0.1) is 0 Å². The van der Waals surface area contributed by atoms with Crippen molar-refractivity contribution in [1.29, 1.82) is 0 Å². The molecule has 0 amide bonds. The molecule has 70 valence electrons. The second kappa shape index (κ2) is 3.66. The standard InChI is InChI=1S/C9H10ClNO2/c1-2-5-3-4-6(10)7(8(5)11)9(12)13/h3-4H,2,11H2,1H3,(H,12,13). The average Bonchev–Trinajstić information content (AvgIpc) is 2.04. The summed E-state index contributed by atoms with van der Waals surface area (Å²) in [5.74, 6) is -1.09. The van der Waals surface area contributed by atoms with Crippen LogP contribution in [0.5, 0.6) is 0 Å². The first-order chi connectivity index (χ1) is 6.07. The lowest BCUT2D eigenvalue weighted by atomic mass is 10.1. The minimum absolute atomic E-state index is 0.000941. The Kier molecular flexibility index (Phi) is 2.78. The molecule has 0 saturated heterocycles. The van der Waals surface area contributed by atoms with E-state index in [4.69, 9.17) is 22.4 Å². The number of nitrogens with two attached hydrogens (primary N) is 1. The zero-order valence-electron chi connectivity index (χ0n) is 7.17. The van der Waals surface area contributed by atoms with Crippen LogP contribution in [0.1, 0.15) is 22.8 Å². The van der Waals surface area contributed by atoms with Crippen LogP contribution >= 0.6 is 11.6 Å². The first-order valence-corrected chi connectivity index (χ1v) is 4.25. The van der Waals surface area contributed by atoms with Crippen LogP contribution in [-0.4, -0.2) is 11.1 Å². The van der Waals surface area contributed by atoms with Gasteiger partial charge in [0.15, 0.2) is 0 Å². The number of anilines is 1. The van der Waals surface area contributed by atoms with Gasteiger partial charge in [0.25, 0.3) is 0 Å². The zero-order valence-corrected chi connectivity index (χ0v) is 7.93. The van der Waals surface area contributed by atoms with Crippen LogP contribution in [0.3, 0.4) is 0 Å². The fourth-order valence-corrected chi connectivity index (χ4v) is 1.41. The van der Waals surface area contributed by atoms with Gasteiger partial charge in [0.2, 0.25) is 0 Å². The molecule has 1 aromatic carbocycles. The summed E-state index contributed by atoms with van der Waals surface area (Å²) in [6.07, 6.45) is 0.698. The Bertz CT molecular complexity index is 350. The molecule has 0 heterocycles. The van der Waals surface area contributed by atoms with Crippen molar-refractivity contribution in [1.82, 2.24) is 0 Å². The van der Waals surface area contributed by atoms with Gasteiger partial charge in [-0.05, 0) is 18.1 Å². The summed E-state index contributed by atoms with van der Waals surface area (Å²) in [6.45, 7) is 1.91. The van der Waals surface area contributed by atoms with Crippen molar-refractivity contribution in [2.24, 2.45) is 0 Å². The Morgan fingerprint density at radius 3 is 2.69 bits per heavy atom. The summed E-state index contributed by atoms with van der Waals surface area (Å²) in [4.78, 5) is 10.7. The molecule has 1 aromatic rings. The minimum Gasteiger partial charge on any atom is -0.478 e. The predicted molar refractivity (Wildman–Crippen MR) is 52.2 cm³/mol. The fourth-order valence-electron chi connectivity index (χ4n) is 1.16. The van der Waals surface area contributed by atoms with Gasteiger partial charge in [0, 0.05) is 0 Å². The molecule has 1 rings (SSSR count). The number of aromatic carboxylic acids is 1. The third-order valence-electron chi connectivity index (χ3n) is 1.88. The molecule has 0 aliphatic carbocycles. The molecule has 0 radical (unpaired) electrons. The third-order valence-corrected chi connectivity index (χ3v) is 2.19. The van der Waals surface area contributed by atoms with Gasteiger partial charge in [0.1, 0.15) is 5.56 Å². The van der Waals surface area contributed by atoms with Crippen molar-refractivity contribution in [3.05, 3.63) is 28.3 Å². The number of aryl methyl sites for hydroxylation is 1. The highest BCUT2D eigenvalue weighted by atomic mass is 35.5. The number of benzene rings is 1. The maximum atomic E-state index is 10.7. The maximum absolute atomic E-state index is 10.7. The summed E-state index contributed by atoms with van der Waals surface area (Å²) in [7, 11) is 0. The lowest BCUT2D eigenvalue weighted by Gasteiger charge is -2.07. The van der Waals surface area contributed by atoms with E-state index >= 15 is 0 Å². The van der Waals surface area contributed by atoms with Gasteiger partial charge in [-0.3, -0.25) is 0 Å². The number of halogens is 1. The second-order valence-corrected chi connectivity index (χ2v) is 3.06. The highest BCUT2D eigenvalue weighted by Gasteiger charge is 2.14. The third kappa shape index (κ3) is 1.75. The normalized spacial score (nSPS) is 10.0. The predicted octanol–water partition coefficient (Wildman–Crippen LogP) is 2.18. The Balaban J connectivity index is 3.38. The van der Waals surface area contributed by atoms with Crippen LogP contribution in [0.2, 0.25) is 5.02 Å². The van der Waals surface area contributed by atoms with Gasteiger partial charge in [0.05, 0.1) is 10.7 Å². The molecule has 0 unspecified atom stereocenters. The van der Waals surface area contributed by atoms with Crippen molar-refractivity contribution >= 4 is 23.3 Å². The molecule has 4 heteroatoms. The summed E-state index contributed by atoms with van der Waals surface area (Å²) in [5, 5.41) is 8.98. The lowest BCUT2D eigenvalue weighted by Crippen LogP contribution is -2.06. The van der Waals surface area contributed by atoms with Crippen molar-refractivity contribution < 1.29 is 9.90 Å². The lowest BCUT2D eigenvalue weighted by molar-refractivity contribution is 0.0698. The van der Waals surface area contributed by atoms with Gasteiger partial charge < -0.3 is 10.8 Å².